The second-order valence-electron chi connectivity index (χ2n) is 4.58. The molecule has 0 saturated carbocycles. The molecule has 1 N–H and O–H groups in total. The van der Waals surface area contributed by atoms with Crippen LogP contribution in [0.3, 0.4) is 0 Å². The molecule has 18 heavy (non-hydrogen) atoms. The maximum atomic E-state index is 12.2. The highest BCUT2D eigenvalue weighted by molar-refractivity contribution is 6.12. The van der Waals surface area contributed by atoms with Crippen LogP contribution in [0.15, 0.2) is 24.4 Å². The van der Waals surface area contributed by atoms with E-state index in [0.29, 0.717) is 17.7 Å². The molecule has 1 aromatic carbocycles. The van der Waals surface area contributed by atoms with Crippen LogP contribution < -0.4 is 10.1 Å². The highest BCUT2D eigenvalue weighted by Crippen LogP contribution is 2.38. The summed E-state index contributed by atoms with van der Waals surface area (Å²) >= 11 is 0. The second-order valence-corrected chi connectivity index (χ2v) is 4.58. The number of aromatic nitrogens is 1. The van der Waals surface area contributed by atoms with E-state index >= 15 is 0 Å². The first-order valence-corrected chi connectivity index (χ1v) is 5.96. The fourth-order valence-electron chi connectivity index (χ4n) is 2.45. The van der Waals surface area contributed by atoms with Crippen molar-refractivity contribution in [3.8, 4) is 5.75 Å². The number of ether oxygens (including phenoxy) is 1. The third-order valence-electron chi connectivity index (χ3n) is 3.24. The number of ketones is 1. The molecule has 0 bridgehead atoms. The number of nitrogens with zero attached hydrogens (tertiary/aromatic N) is 1. The lowest BCUT2D eigenvalue weighted by Crippen LogP contribution is -2.27. The summed E-state index contributed by atoms with van der Waals surface area (Å²) in [4.78, 5) is 16.5. The van der Waals surface area contributed by atoms with Crippen molar-refractivity contribution in [1.29, 1.82) is 0 Å². The molecule has 0 aliphatic carbocycles. The van der Waals surface area contributed by atoms with E-state index in [-0.39, 0.29) is 11.8 Å². The lowest BCUT2D eigenvalue weighted by atomic mass is 9.94. The maximum absolute atomic E-state index is 12.2. The smallest absolute Gasteiger partial charge is 0.170 e. The molecule has 0 spiro atoms. The molecule has 4 heteroatoms. The number of pyridine rings is 1. The number of carbonyl (C=O) groups excluding carboxylic acids is 1. The summed E-state index contributed by atoms with van der Waals surface area (Å²) in [6.07, 6.45) is 2.22. The number of rotatable bonds is 1. The lowest BCUT2D eigenvalue weighted by Gasteiger charge is -2.25. The van der Waals surface area contributed by atoms with Crippen molar-refractivity contribution in [1.82, 2.24) is 4.98 Å². The molecule has 0 saturated heterocycles. The van der Waals surface area contributed by atoms with Crippen LogP contribution in [0.5, 0.6) is 5.75 Å². The van der Waals surface area contributed by atoms with Gasteiger partial charge in [0.15, 0.2) is 5.78 Å². The van der Waals surface area contributed by atoms with E-state index in [4.69, 9.17) is 4.74 Å². The van der Waals surface area contributed by atoms with Crippen molar-refractivity contribution in [2.24, 2.45) is 0 Å². The summed E-state index contributed by atoms with van der Waals surface area (Å²) in [7, 11) is 1.59. The highest BCUT2D eigenvalue weighted by atomic mass is 16.5. The van der Waals surface area contributed by atoms with Gasteiger partial charge in [0.05, 0.1) is 23.9 Å². The van der Waals surface area contributed by atoms with Gasteiger partial charge in [-0.2, -0.15) is 0 Å². The van der Waals surface area contributed by atoms with E-state index in [2.05, 4.69) is 10.3 Å². The average molecular weight is 242 g/mol. The van der Waals surface area contributed by atoms with Crippen LogP contribution in [0.2, 0.25) is 0 Å². The lowest BCUT2D eigenvalue weighted by molar-refractivity contribution is 0.0971. The molecule has 1 aliphatic rings. The molecule has 0 fully saturated rings. The Kier molecular flexibility index (Phi) is 2.44. The fourth-order valence-corrected chi connectivity index (χ4v) is 2.45. The molecule has 1 atom stereocenters. The molecule has 2 aromatic rings. The summed E-state index contributed by atoms with van der Waals surface area (Å²) in [5.74, 6) is 0.732. The number of nitrogens with one attached hydrogen (secondary N) is 1. The third kappa shape index (κ3) is 1.53. The normalized spacial score (nSPS) is 18.3. The predicted molar refractivity (Wildman–Crippen MR) is 70.3 cm³/mol. The Bertz CT molecular complexity index is 637. The first kappa shape index (κ1) is 11.0. The van der Waals surface area contributed by atoms with Gasteiger partial charge in [-0.05, 0) is 19.1 Å². The summed E-state index contributed by atoms with van der Waals surface area (Å²) in [6, 6.07) is 5.84. The largest absolute Gasteiger partial charge is 0.496 e. The van der Waals surface area contributed by atoms with Crippen LogP contribution in [-0.4, -0.2) is 23.9 Å². The van der Waals surface area contributed by atoms with Crippen LogP contribution in [0.25, 0.3) is 10.9 Å². The minimum Gasteiger partial charge on any atom is -0.496 e. The van der Waals surface area contributed by atoms with Crippen LogP contribution in [-0.2, 0) is 0 Å². The molecule has 2 heterocycles. The van der Waals surface area contributed by atoms with Gasteiger partial charge in [-0.1, -0.05) is 6.07 Å². The van der Waals surface area contributed by atoms with Crippen LogP contribution in [0, 0.1) is 0 Å². The van der Waals surface area contributed by atoms with Gasteiger partial charge in [0.2, 0.25) is 0 Å². The van der Waals surface area contributed by atoms with Crippen molar-refractivity contribution in [3.63, 3.8) is 0 Å². The Hall–Kier alpha value is -2.10. The van der Waals surface area contributed by atoms with Gasteiger partial charge in [-0.3, -0.25) is 9.78 Å². The summed E-state index contributed by atoms with van der Waals surface area (Å²) in [5, 5.41) is 4.32. The first-order valence-electron chi connectivity index (χ1n) is 5.96. The van der Waals surface area contributed by atoms with Crippen molar-refractivity contribution in [2.75, 3.05) is 12.4 Å². The standard InChI is InChI=1S/C14H14N2O2/c1-8-6-10(17)12-11(18-2)7-9-4-3-5-15-13(9)14(12)16-8/h3-5,7-8,16H,6H2,1-2H3. The molecule has 0 amide bonds. The van der Waals surface area contributed by atoms with E-state index in [1.54, 1.807) is 13.3 Å². The van der Waals surface area contributed by atoms with Crippen molar-refractivity contribution in [2.45, 2.75) is 19.4 Å². The van der Waals surface area contributed by atoms with Crippen LogP contribution in [0.1, 0.15) is 23.7 Å². The third-order valence-corrected chi connectivity index (χ3v) is 3.24. The van der Waals surface area contributed by atoms with Gasteiger partial charge in [-0.15, -0.1) is 0 Å². The minimum atomic E-state index is 0.112. The van der Waals surface area contributed by atoms with Gasteiger partial charge in [0, 0.05) is 24.0 Å². The van der Waals surface area contributed by atoms with E-state index in [9.17, 15) is 4.79 Å². The maximum Gasteiger partial charge on any atom is 0.170 e. The molecule has 1 aromatic heterocycles. The fraction of sp³-hybridized carbons (Fsp3) is 0.286. The number of carbonyl (C=O) groups is 1. The van der Waals surface area contributed by atoms with Crippen LogP contribution in [0.4, 0.5) is 5.69 Å². The van der Waals surface area contributed by atoms with E-state index in [0.717, 1.165) is 16.6 Å². The molecular formula is C14H14N2O2. The molecule has 4 nitrogen and oxygen atoms in total. The Morgan fingerprint density at radius 1 is 1.50 bits per heavy atom. The molecular weight excluding hydrogens is 228 g/mol. The minimum absolute atomic E-state index is 0.112. The molecule has 92 valence electrons. The zero-order valence-electron chi connectivity index (χ0n) is 10.4. The van der Waals surface area contributed by atoms with E-state index < -0.39 is 0 Å². The van der Waals surface area contributed by atoms with Crippen molar-refractivity contribution in [3.05, 3.63) is 30.0 Å². The number of methoxy groups -OCH3 is 1. The number of hydrogen-bond acceptors (Lipinski definition) is 4. The van der Waals surface area contributed by atoms with Crippen molar-refractivity contribution < 1.29 is 9.53 Å². The predicted octanol–water partition coefficient (Wildman–Crippen LogP) is 2.63. The monoisotopic (exact) mass is 242 g/mol. The van der Waals surface area contributed by atoms with E-state index in [1.165, 1.54) is 0 Å². The summed E-state index contributed by atoms with van der Waals surface area (Å²) in [6.45, 7) is 2.00. The Morgan fingerprint density at radius 2 is 2.33 bits per heavy atom. The van der Waals surface area contributed by atoms with Crippen LogP contribution >= 0.6 is 0 Å². The SMILES string of the molecule is COc1cc2cccnc2c2c1C(=O)CC(C)N2. The quantitative estimate of drug-likeness (QED) is 0.835. The average Bonchev–Trinajstić information content (AvgIpc) is 2.37. The van der Waals surface area contributed by atoms with E-state index in [1.807, 2.05) is 25.1 Å². The second kappa shape index (κ2) is 3.98. The topological polar surface area (TPSA) is 51.2 Å². The number of Topliss-reactive ketones (excluding diaryl/α,β-unsaturated/α-hetero) is 1. The highest BCUT2D eigenvalue weighted by Gasteiger charge is 2.27. The zero-order valence-corrected chi connectivity index (χ0v) is 10.4. The number of hydrogen-bond donors (Lipinski definition) is 1. The van der Waals surface area contributed by atoms with Gasteiger partial charge in [0.1, 0.15) is 5.75 Å². The summed E-state index contributed by atoms with van der Waals surface area (Å²) in [5.41, 5.74) is 2.25. The van der Waals surface area contributed by atoms with Gasteiger partial charge in [0.25, 0.3) is 0 Å². The summed E-state index contributed by atoms with van der Waals surface area (Å²) < 4.78 is 5.34. The van der Waals surface area contributed by atoms with Gasteiger partial charge in [-0.25, -0.2) is 0 Å². The zero-order chi connectivity index (χ0) is 12.7. The first-order chi connectivity index (χ1) is 8.70. The molecule has 1 aliphatic heterocycles. The van der Waals surface area contributed by atoms with Gasteiger partial charge < -0.3 is 10.1 Å². The molecule has 1 unspecified atom stereocenters. The Balaban J connectivity index is 2.38. The van der Waals surface area contributed by atoms with Gasteiger partial charge >= 0.3 is 0 Å². The number of fused-ring (bicyclic) bond motifs is 3. The Labute approximate surface area is 105 Å². The Morgan fingerprint density at radius 3 is 3.11 bits per heavy atom. The molecule has 0 radical (unpaired) electrons. The number of anilines is 1. The molecule has 3 rings (SSSR count). The van der Waals surface area contributed by atoms with Crippen molar-refractivity contribution >= 4 is 22.4 Å². The number of benzene rings is 1.